The number of methoxy groups -OCH3 is 1. The SMILES string of the molecule is COc1c(C(N)=O)cccc1C(C)(C)C. The van der Waals surface area contributed by atoms with Gasteiger partial charge in [0.05, 0.1) is 12.7 Å². The average molecular weight is 207 g/mol. The van der Waals surface area contributed by atoms with Gasteiger partial charge in [-0.05, 0) is 11.5 Å². The second-order valence-corrected chi connectivity index (χ2v) is 4.50. The van der Waals surface area contributed by atoms with Gasteiger partial charge in [-0.25, -0.2) is 0 Å². The number of benzene rings is 1. The van der Waals surface area contributed by atoms with E-state index in [0.717, 1.165) is 5.56 Å². The molecule has 0 atom stereocenters. The minimum absolute atomic E-state index is 0.0726. The molecule has 0 fully saturated rings. The van der Waals surface area contributed by atoms with Crippen molar-refractivity contribution in [3.8, 4) is 5.75 Å². The summed E-state index contributed by atoms with van der Waals surface area (Å²) in [5.41, 5.74) is 6.63. The Bertz CT molecular complexity index is 378. The largest absolute Gasteiger partial charge is 0.496 e. The van der Waals surface area contributed by atoms with Crippen LogP contribution in [0.1, 0.15) is 36.7 Å². The molecule has 0 spiro atoms. The van der Waals surface area contributed by atoms with Crippen molar-refractivity contribution in [2.75, 3.05) is 7.11 Å². The number of primary amides is 1. The average Bonchev–Trinajstić information content (AvgIpc) is 2.15. The summed E-state index contributed by atoms with van der Waals surface area (Å²) in [7, 11) is 1.55. The first-order chi connectivity index (χ1) is 6.88. The van der Waals surface area contributed by atoms with Crippen LogP contribution in [0.5, 0.6) is 5.75 Å². The van der Waals surface area contributed by atoms with Gasteiger partial charge in [-0.1, -0.05) is 32.9 Å². The number of para-hydroxylation sites is 1. The molecule has 0 heterocycles. The van der Waals surface area contributed by atoms with Crippen LogP contribution in [0.2, 0.25) is 0 Å². The van der Waals surface area contributed by atoms with Crippen molar-refractivity contribution >= 4 is 5.91 Å². The molecule has 0 aliphatic rings. The van der Waals surface area contributed by atoms with E-state index in [1.807, 2.05) is 12.1 Å². The van der Waals surface area contributed by atoms with Crippen molar-refractivity contribution in [2.24, 2.45) is 5.73 Å². The van der Waals surface area contributed by atoms with Crippen molar-refractivity contribution in [3.05, 3.63) is 29.3 Å². The minimum Gasteiger partial charge on any atom is -0.496 e. The third-order valence-electron chi connectivity index (χ3n) is 2.29. The lowest BCUT2D eigenvalue weighted by Gasteiger charge is -2.23. The topological polar surface area (TPSA) is 52.3 Å². The smallest absolute Gasteiger partial charge is 0.252 e. The number of rotatable bonds is 2. The molecule has 1 rings (SSSR count). The van der Waals surface area contributed by atoms with Crippen molar-refractivity contribution in [2.45, 2.75) is 26.2 Å². The molecule has 3 heteroatoms. The number of hydrogen-bond acceptors (Lipinski definition) is 2. The Labute approximate surface area is 90.2 Å². The van der Waals surface area contributed by atoms with Crippen molar-refractivity contribution in [1.82, 2.24) is 0 Å². The second-order valence-electron chi connectivity index (χ2n) is 4.50. The number of carbonyl (C=O) groups excluding carboxylic acids is 1. The summed E-state index contributed by atoms with van der Waals surface area (Å²) in [4.78, 5) is 11.2. The first kappa shape index (κ1) is 11.6. The van der Waals surface area contributed by atoms with Crippen LogP contribution in [0.15, 0.2) is 18.2 Å². The molecular formula is C12H17NO2. The molecule has 1 amide bonds. The molecule has 0 aliphatic heterocycles. The highest BCUT2D eigenvalue weighted by molar-refractivity contribution is 5.96. The van der Waals surface area contributed by atoms with E-state index in [1.54, 1.807) is 13.2 Å². The van der Waals surface area contributed by atoms with E-state index < -0.39 is 5.91 Å². The predicted molar refractivity (Wildman–Crippen MR) is 60.2 cm³/mol. The zero-order valence-corrected chi connectivity index (χ0v) is 9.63. The Morgan fingerprint density at radius 3 is 2.33 bits per heavy atom. The lowest BCUT2D eigenvalue weighted by Crippen LogP contribution is -2.18. The van der Waals surface area contributed by atoms with Gasteiger partial charge in [-0.2, -0.15) is 0 Å². The van der Waals surface area contributed by atoms with Gasteiger partial charge in [-0.15, -0.1) is 0 Å². The van der Waals surface area contributed by atoms with E-state index in [4.69, 9.17) is 10.5 Å². The highest BCUT2D eigenvalue weighted by Crippen LogP contribution is 2.33. The van der Waals surface area contributed by atoms with Gasteiger partial charge in [0.15, 0.2) is 0 Å². The van der Waals surface area contributed by atoms with Gasteiger partial charge in [-0.3, -0.25) is 4.79 Å². The van der Waals surface area contributed by atoms with E-state index >= 15 is 0 Å². The normalized spacial score (nSPS) is 11.2. The highest BCUT2D eigenvalue weighted by atomic mass is 16.5. The summed E-state index contributed by atoms with van der Waals surface area (Å²) >= 11 is 0. The molecule has 1 aromatic carbocycles. The molecule has 15 heavy (non-hydrogen) atoms. The fraction of sp³-hybridized carbons (Fsp3) is 0.417. The summed E-state index contributed by atoms with van der Waals surface area (Å²) in [5, 5.41) is 0. The van der Waals surface area contributed by atoms with E-state index in [2.05, 4.69) is 20.8 Å². The minimum atomic E-state index is -0.460. The van der Waals surface area contributed by atoms with Gasteiger partial charge < -0.3 is 10.5 Å². The molecule has 0 aromatic heterocycles. The van der Waals surface area contributed by atoms with E-state index in [0.29, 0.717) is 11.3 Å². The molecular weight excluding hydrogens is 190 g/mol. The monoisotopic (exact) mass is 207 g/mol. The van der Waals surface area contributed by atoms with Gasteiger partial charge in [0.2, 0.25) is 0 Å². The maximum absolute atomic E-state index is 11.2. The fourth-order valence-corrected chi connectivity index (χ4v) is 1.54. The molecule has 0 saturated carbocycles. The van der Waals surface area contributed by atoms with E-state index in [9.17, 15) is 4.79 Å². The summed E-state index contributed by atoms with van der Waals surface area (Å²) in [5.74, 6) is 0.121. The van der Waals surface area contributed by atoms with Gasteiger partial charge in [0.1, 0.15) is 5.75 Å². The maximum Gasteiger partial charge on any atom is 0.252 e. The lowest BCUT2D eigenvalue weighted by atomic mass is 9.85. The number of carbonyl (C=O) groups is 1. The molecule has 2 N–H and O–H groups in total. The van der Waals surface area contributed by atoms with Crippen LogP contribution in [0.25, 0.3) is 0 Å². The van der Waals surface area contributed by atoms with Crippen molar-refractivity contribution in [1.29, 1.82) is 0 Å². The Morgan fingerprint density at radius 2 is 1.93 bits per heavy atom. The van der Waals surface area contributed by atoms with Crippen molar-refractivity contribution in [3.63, 3.8) is 0 Å². The summed E-state index contributed by atoms with van der Waals surface area (Å²) < 4.78 is 5.26. The molecule has 0 aliphatic carbocycles. The molecule has 3 nitrogen and oxygen atoms in total. The quantitative estimate of drug-likeness (QED) is 0.807. The summed E-state index contributed by atoms with van der Waals surface area (Å²) in [6.07, 6.45) is 0. The van der Waals surface area contributed by atoms with Crippen LogP contribution in [0.4, 0.5) is 0 Å². The van der Waals surface area contributed by atoms with Crippen LogP contribution in [0.3, 0.4) is 0 Å². The Kier molecular flexibility index (Phi) is 3.03. The Morgan fingerprint density at radius 1 is 1.33 bits per heavy atom. The first-order valence-electron chi connectivity index (χ1n) is 4.85. The van der Waals surface area contributed by atoms with Crippen LogP contribution in [-0.2, 0) is 5.41 Å². The van der Waals surface area contributed by atoms with Crippen molar-refractivity contribution < 1.29 is 9.53 Å². The number of nitrogens with two attached hydrogens (primary N) is 1. The molecule has 82 valence electrons. The summed E-state index contributed by atoms with van der Waals surface area (Å²) in [6.45, 7) is 6.20. The zero-order valence-electron chi connectivity index (χ0n) is 9.63. The zero-order chi connectivity index (χ0) is 11.6. The standard InChI is InChI=1S/C12H17NO2/c1-12(2,3)9-7-5-6-8(11(13)14)10(9)15-4/h5-7H,1-4H3,(H2,13,14). The summed E-state index contributed by atoms with van der Waals surface area (Å²) in [6, 6.07) is 5.45. The van der Waals surface area contributed by atoms with Crippen LogP contribution in [-0.4, -0.2) is 13.0 Å². The van der Waals surface area contributed by atoms with Gasteiger partial charge in [0.25, 0.3) is 5.91 Å². The van der Waals surface area contributed by atoms with E-state index in [1.165, 1.54) is 0 Å². The fourth-order valence-electron chi connectivity index (χ4n) is 1.54. The van der Waals surface area contributed by atoms with Gasteiger partial charge >= 0.3 is 0 Å². The number of amides is 1. The highest BCUT2D eigenvalue weighted by Gasteiger charge is 2.22. The van der Waals surface area contributed by atoms with E-state index in [-0.39, 0.29) is 5.41 Å². The van der Waals surface area contributed by atoms with Crippen LogP contribution in [0, 0.1) is 0 Å². The molecule has 0 unspecified atom stereocenters. The lowest BCUT2D eigenvalue weighted by molar-refractivity contribution is 0.0997. The van der Waals surface area contributed by atoms with Crippen LogP contribution >= 0.6 is 0 Å². The second kappa shape index (κ2) is 3.93. The molecule has 0 bridgehead atoms. The molecule has 1 aromatic rings. The number of ether oxygens (including phenoxy) is 1. The first-order valence-corrected chi connectivity index (χ1v) is 4.85. The third kappa shape index (κ3) is 2.29. The van der Waals surface area contributed by atoms with Gasteiger partial charge in [0, 0.05) is 5.56 Å². The molecule has 0 radical (unpaired) electrons. The Hall–Kier alpha value is -1.51. The molecule has 0 saturated heterocycles. The Balaban J connectivity index is 3.42. The number of hydrogen-bond donors (Lipinski definition) is 1. The third-order valence-corrected chi connectivity index (χ3v) is 2.29. The predicted octanol–water partition coefficient (Wildman–Crippen LogP) is 2.09. The maximum atomic E-state index is 11.2. The van der Waals surface area contributed by atoms with Crippen LogP contribution < -0.4 is 10.5 Å².